The minimum atomic E-state index is -0.454. The van der Waals surface area contributed by atoms with E-state index in [1.165, 1.54) is 6.08 Å². The van der Waals surface area contributed by atoms with Crippen LogP contribution >= 0.6 is 11.6 Å². The number of esters is 1. The fraction of sp³-hybridized carbons (Fsp3) is 0.154. The molecule has 98 valence electrons. The molecule has 0 N–H and O–H groups in total. The second-order valence-corrected chi connectivity index (χ2v) is 4.07. The molecule has 0 spiro atoms. The highest BCUT2D eigenvalue weighted by atomic mass is 35.5. The third-order valence-electron chi connectivity index (χ3n) is 2.19. The summed E-state index contributed by atoms with van der Waals surface area (Å²) in [6, 6.07) is 7.08. The molecule has 0 bridgehead atoms. The molecule has 2 aromatic rings. The van der Waals surface area contributed by atoms with Gasteiger partial charge in [0, 0.05) is 16.7 Å². The van der Waals surface area contributed by atoms with E-state index in [0.717, 1.165) is 5.56 Å². The number of ether oxygens (including phenoxy) is 1. The molecule has 1 aromatic carbocycles. The number of halogens is 1. The first-order chi connectivity index (χ1) is 9.19. The van der Waals surface area contributed by atoms with Crippen LogP contribution in [0.3, 0.4) is 0 Å². The Morgan fingerprint density at radius 2 is 2.37 bits per heavy atom. The normalized spacial score (nSPS) is 10.8. The van der Waals surface area contributed by atoms with Gasteiger partial charge in [-0.1, -0.05) is 35.0 Å². The molecule has 0 amide bonds. The van der Waals surface area contributed by atoms with Gasteiger partial charge in [0.25, 0.3) is 5.89 Å². The Bertz CT molecular complexity index is 607. The SMILES string of the molecule is C/C=C/C(=O)OCc1nc(-c2cccc(Cl)c2)no1. The van der Waals surface area contributed by atoms with Crippen molar-refractivity contribution < 1.29 is 14.1 Å². The Labute approximate surface area is 114 Å². The van der Waals surface area contributed by atoms with Gasteiger partial charge in [-0.15, -0.1) is 0 Å². The maximum Gasteiger partial charge on any atom is 0.330 e. The maximum absolute atomic E-state index is 11.1. The smallest absolute Gasteiger partial charge is 0.330 e. The lowest BCUT2D eigenvalue weighted by Crippen LogP contribution is -2.00. The average molecular weight is 279 g/mol. The highest BCUT2D eigenvalue weighted by molar-refractivity contribution is 6.30. The second kappa shape index (κ2) is 6.15. The number of carbonyl (C=O) groups excluding carboxylic acids is 1. The third-order valence-corrected chi connectivity index (χ3v) is 2.43. The van der Waals surface area contributed by atoms with Gasteiger partial charge in [-0.25, -0.2) is 4.79 Å². The van der Waals surface area contributed by atoms with Crippen LogP contribution in [0.1, 0.15) is 12.8 Å². The fourth-order valence-corrected chi connectivity index (χ4v) is 1.57. The summed E-state index contributed by atoms with van der Waals surface area (Å²) in [5.74, 6) is 0.178. The monoisotopic (exact) mass is 278 g/mol. The number of rotatable bonds is 4. The van der Waals surface area contributed by atoms with Crippen molar-refractivity contribution in [2.24, 2.45) is 0 Å². The minimum absolute atomic E-state index is 0.0588. The van der Waals surface area contributed by atoms with Crippen molar-refractivity contribution in [3.05, 3.63) is 47.3 Å². The molecular weight excluding hydrogens is 268 g/mol. The molecule has 0 radical (unpaired) electrons. The zero-order chi connectivity index (χ0) is 13.7. The Morgan fingerprint density at radius 1 is 1.53 bits per heavy atom. The molecule has 0 aliphatic carbocycles. The molecule has 0 unspecified atom stereocenters. The molecule has 0 aliphatic heterocycles. The molecule has 0 fully saturated rings. The Morgan fingerprint density at radius 3 is 3.11 bits per heavy atom. The summed E-state index contributed by atoms with van der Waals surface area (Å²) in [6.45, 7) is 1.67. The van der Waals surface area contributed by atoms with Crippen LogP contribution in [0.25, 0.3) is 11.4 Å². The fourth-order valence-electron chi connectivity index (χ4n) is 1.38. The van der Waals surface area contributed by atoms with Gasteiger partial charge in [0.05, 0.1) is 0 Å². The predicted octanol–water partition coefficient (Wildman–Crippen LogP) is 3.01. The summed E-state index contributed by atoms with van der Waals surface area (Å²) in [4.78, 5) is 15.2. The van der Waals surface area contributed by atoms with Gasteiger partial charge in [-0.05, 0) is 19.1 Å². The number of benzene rings is 1. The number of hydrogen-bond donors (Lipinski definition) is 0. The minimum Gasteiger partial charge on any atom is -0.452 e. The molecule has 5 nitrogen and oxygen atoms in total. The van der Waals surface area contributed by atoms with Gasteiger partial charge in [0.2, 0.25) is 5.82 Å². The molecule has 0 saturated carbocycles. The lowest BCUT2D eigenvalue weighted by molar-refractivity contribution is -0.139. The number of allylic oxidation sites excluding steroid dienone is 1. The maximum atomic E-state index is 11.1. The summed E-state index contributed by atoms with van der Waals surface area (Å²) in [7, 11) is 0. The number of nitrogens with zero attached hydrogens (tertiary/aromatic N) is 2. The first-order valence-electron chi connectivity index (χ1n) is 5.57. The molecule has 6 heteroatoms. The van der Waals surface area contributed by atoms with Crippen molar-refractivity contribution >= 4 is 17.6 Å². The first-order valence-corrected chi connectivity index (χ1v) is 5.95. The van der Waals surface area contributed by atoms with Crippen LogP contribution < -0.4 is 0 Å². The van der Waals surface area contributed by atoms with Crippen molar-refractivity contribution in [2.75, 3.05) is 0 Å². The molecule has 19 heavy (non-hydrogen) atoms. The largest absolute Gasteiger partial charge is 0.452 e. The van der Waals surface area contributed by atoms with E-state index >= 15 is 0 Å². The highest BCUT2D eigenvalue weighted by Crippen LogP contribution is 2.19. The van der Waals surface area contributed by atoms with Gasteiger partial charge < -0.3 is 9.26 Å². The number of carbonyl (C=O) groups is 1. The van der Waals surface area contributed by atoms with E-state index in [4.69, 9.17) is 20.9 Å². The summed E-state index contributed by atoms with van der Waals surface area (Å²) in [6.07, 6.45) is 2.90. The van der Waals surface area contributed by atoms with Crippen molar-refractivity contribution in [1.29, 1.82) is 0 Å². The van der Waals surface area contributed by atoms with Crippen LogP contribution in [0.5, 0.6) is 0 Å². The van der Waals surface area contributed by atoms with Crippen molar-refractivity contribution in [1.82, 2.24) is 10.1 Å². The number of hydrogen-bond acceptors (Lipinski definition) is 5. The van der Waals surface area contributed by atoms with Gasteiger partial charge in [0.1, 0.15) is 0 Å². The van der Waals surface area contributed by atoms with Crippen molar-refractivity contribution in [3.63, 3.8) is 0 Å². The van der Waals surface area contributed by atoms with Gasteiger partial charge >= 0.3 is 5.97 Å². The van der Waals surface area contributed by atoms with E-state index < -0.39 is 5.97 Å². The Hall–Kier alpha value is -2.14. The standard InChI is InChI=1S/C13H11ClN2O3/c1-2-4-12(17)18-8-11-15-13(16-19-11)9-5-3-6-10(14)7-9/h2-7H,8H2,1H3/b4-2+. The summed E-state index contributed by atoms with van der Waals surface area (Å²) in [5, 5.41) is 4.38. The van der Waals surface area contributed by atoms with E-state index in [1.807, 2.05) is 6.07 Å². The number of aromatic nitrogens is 2. The molecule has 1 aromatic heterocycles. The van der Waals surface area contributed by atoms with Crippen LogP contribution in [-0.4, -0.2) is 16.1 Å². The van der Waals surface area contributed by atoms with Crippen LogP contribution in [0.15, 0.2) is 40.9 Å². The molecule has 1 heterocycles. The Kier molecular flexibility index (Phi) is 4.30. The summed E-state index contributed by atoms with van der Waals surface area (Å²) >= 11 is 5.88. The summed E-state index contributed by atoms with van der Waals surface area (Å²) < 4.78 is 9.88. The molecule has 0 saturated heterocycles. The first kappa shape index (κ1) is 13.3. The zero-order valence-electron chi connectivity index (χ0n) is 10.2. The Balaban J connectivity index is 2.05. The van der Waals surface area contributed by atoms with Crippen molar-refractivity contribution in [2.45, 2.75) is 13.5 Å². The van der Waals surface area contributed by atoms with E-state index in [0.29, 0.717) is 10.8 Å². The predicted molar refractivity (Wildman–Crippen MR) is 69.4 cm³/mol. The average Bonchev–Trinajstić information content (AvgIpc) is 2.85. The molecular formula is C13H11ClN2O3. The zero-order valence-corrected chi connectivity index (χ0v) is 10.9. The quantitative estimate of drug-likeness (QED) is 0.635. The molecule has 0 aliphatic rings. The third kappa shape index (κ3) is 3.66. The van der Waals surface area contributed by atoms with Crippen LogP contribution in [0, 0.1) is 0 Å². The van der Waals surface area contributed by atoms with E-state index in [2.05, 4.69) is 10.1 Å². The van der Waals surface area contributed by atoms with Crippen LogP contribution in [0.2, 0.25) is 5.02 Å². The van der Waals surface area contributed by atoms with Crippen LogP contribution in [0.4, 0.5) is 0 Å². The summed E-state index contributed by atoms with van der Waals surface area (Å²) in [5.41, 5.74) is 0.738. The van der Waals surface area contributed by atoms with E-state index in [1.54, 1.807) is 31.2 Å². The van der Waals surface area contributed by atoms with E-state index in [9.17, 15) is 4.79 Å². The second-order valence-electron chi connectivity index (χ2n) is 3.63. The molecule has 0 atom stereocenters. The van der Waals surface area contributed by atoms with Crippen LogP contribution in [-0.2, 0) is 16.1 Å². The van der Waals surface area contributed by atoms with Gasteiger partial charge in [0.15, 0.2) is 6.61 Å². The lowest BCUT2D eigenvalue weighted by Gasteiger charge is -1.95. The van der Waals surface area contributed by atoms with Gasteiger partial charge in [-0.2, -0.15) is 4.98 Å². The van der Waals surface area contributed by atoms with Gasteiger partial charge in [-0.3, -0.25) is 0 Å². The van der Waals surface area contributed by atoms with Crippen molar-refractivity contribution in [3.8, 4) is 11.4 Å². The topological polar surface area (TPSA) is 65.2 Å². The highest BCUT2D eigenvalue weighted by Gasteiger charge is 2.10. The lowest BCUT2D eigenvalue weighted by atomic mass is 10.2. The van der Waals surface area contributed by atoms with E-state index in [-0.39, 0.29) is 12.5 Å². The molecule has 2 rings (SSSR count).